The van der Waals surface area contributed by atoms with Crippen LogP contribution in [-0.2, 0) is 0 Å². The van der Waals surface area contributed by atoms with Gasteiger partial charge in [-0.1, -0.05) is 0 Å². The van der Waals surface area contributed by atoms with E-state index in [-0.39, 0.29) is 5.78 Å². The van der Waals surface area contributed by atoms with E-state index >= 15 is 0 Å². The molecule has 0 bridgehead atoms. The summed E-state index contributed by atoms with van der Waals surface area (Å²) in [5.41, 5.74) is 0. The number of aromatic nitrogens is 2. The number of fused-ring (bicyclic) bond motifs is 1. The predicted molar refractivity (Wildman–Crippen MR) is 52.2 cm³/mol. The number of carbonyl (C=O) groups is 1. The Morgan fingerprint density at radius 1 is 1.54 bits per heavy atom. The minimum absolute atomic E-state index is 0.0839. The zero-order valence-electron chi connectivity index (χ0n) is 7.37. The van der Waals surface area contributed by atoms with E-state index in [1.807, 2.05) is 13.0 Å². The standard InChI is InChI=1S/C9H8N2OS/c1-5(12)8-3-7-4-10-6(2)11-9(7)13-8/h3-4H,1-2H3. The Balaban J connectivity index is 2.68. The molecule has 2 aromatic rings. The lowest BCUT2D eigenvalue weighted by atomic mass is 10.3. The number of hydrogen-bond acceptors (Lipinski definition) is 4. The van der Waals surface area contributed by atoms with Crippen LogP contribution in [0.4, 0.5) is 0 Å². The summed E-state index contributed by atoms with van der Waals surface area (Å²) in [7, 11) is 0. The maximum atomic E-state index is 11.1. The molecule has 3 nitrogen and oxygen atoms in total. The summed E-state index contributed by atoms with van der Waals surface area (Å²) in [4.78, 5) is 21.0. The first-order valence-electron chi connectivity index (χ1n) is 3.91. The van der Waals surface area contributed by atoms with Gasteiger partial charge in [-0.25, -0.2) is 9.97 Å². The van der Waals surface area contributed by atoms with Gasteiger partial charge < -0.3 is 0 Å². The van der Waals surface area contributed by atoms with Gasteiger partial charge in [-0.15, -0.1) is 11.3 Å². The van der Waals surface area contributed by atoms with Gasteiger partial charge in [0, 0.05) is 11.6 Å². The van der Waals surface area contributed by atoms with Crippen LogP contribution in [-0.4, -0.2) is 15.8 Å². The second-order valence-electron chi connectivity index (χ2n) is 2.84. The Kier molecular flexibility index (Phi) is 1.84. The summed E-state index contributed by atoms with van der Waals surface area (Å²) >= 11 is 1.42. The molecule has 0 aromatic carbocycles. The Morgan fingerprint density at radius 2 is 2.31 bits per heavy atom. The van der Waals surface area contributed by atoms with Crippen LogP contribution in [0.15, 0.2) is 12.3 Å². The number of nitrogens with zero attached hydrogens (tertiary/aromatic N) is 2. The van der Waals surface area contributed by atoms with Crippen molar-refractivity contribution in [2.75, 3.05) is 0 Å². The molecule has 0 unspecified atom stereocenters. The van der Waals surface area contributed by atoms with Crippen LogP contribution in [0.1, 0.15) is 22.4 Å². The normalized spacial score (nSPS) is 10.6. The summed E-state index contributed by atoms with van der Waals surface area (Å²) in [6.07, 6.45) is 1.75. The lowest BCUT2D eigenvalue weighted by Crippen LogP contribution is -1.83. The molecular weight excluding hydrogens is 184 g/mol. The number of hydrogen-bond donors (Lipinski definition) is 0. The van der Waals surface area contributed by atoms with Crippen LogP contribution in [0, 0.1) is 6.92 Å². The van der Waals surface area contributed by atoms with Crippen molar-refractivity contribution in [2.24, 2.45) is 0 Å². The van der Waals surface area contributed by atoms with Crippen molar-refractivity contribution in [3.63, 3.8) is 0 Å². The molecule has 0 aliphatic heterocycles. The smallest absolute Gasteiger partial charge is 0.169 e. The van der Waals surface area contributed by atoms with Gasteiger partial charge in [0.25, 0.3) is 0 Å². The minimum Gasteiger partial charge on any atom is -0.294 e. The molecule has 66 valence electrons. The molecular formula is C9H8N2OS. The van der Waals surface area contributed by atoms with E-state index in [9.17, 15) is 4.79 Å². The van der Waals surface area contributed by atoms with Crippen LogP contribution < -0.4 is 0 Å². The first kappa shape index (κ1) is 8.31. The summed E-state index contributed by atoms with van der Waals surface area (Å²) in [5.74, 6) is 0.824. The third-order valence-electron chi connectivity index (χ3n) is 1.74. The number of ketones is 1. The van der Waals surface area contributed by atoms with Gasteiger partial charge in [0.2, 0.25) is 0 Å². The minimum atomic E-state index is 0.0839. The Hall–Kier alpha value is -1.29. The maximum Gasteiger partial charge on any atom is 0.169 e. The molecule has 2 aromatic heterocycles. The van der Waals surface area contributed by atoms with E-state index in [1.165, 1.54) is 11.3 Å². The van der Waals surface area contributed by atoms with Crippen molar-refractivity contribution in [1.29, 1.82) is 0 Å². The van der Waals surface area contributed by atoms with Gasteiger partial charge in [-0.05, 0) is 19.9 Å². The van der Waals surface area contributed by atoms with Gasteiger partial charge >= 0.3 is 0 Å². The lowest BCUT2D eigenvalue weighted by Gasteiger charge is -1.88. The predicted octanol–water partition coefficient (Wildman–Crippen LogP) is 2.20. The number of thiophene rings is 1. The largest absolute Gasteiger partial charge is 0.294 e. The second-order valence-corrected chi connectivity index (χ2v) is 3.88. The van der Waals surface area contributed by atoms with Crippen molar-refractivity contribution in [1.82, 2.24) is 9.97 Å². The zero-order valence-corrected chi connectivity index (χ0v) is 8.18. The molecule has 0 N–H and O–H groups in total. The van der Waals surface area contributed by atoms with Crippen molar-refractivity contribution >= 4 is 27.3 Å². The molecule has 2 rings (SSSR count). The molecule has 0 radical (unpaired) electrons. The molecule has 13 heavy (non-hydrogen) atoms. The van der Waals surface area contributed by atoms with Gasteiger partial charge in [-0.2, -0.15) is 0 Å². The molecule has 0 aliphatic carbocycles. The van der Waals surface area contributed by atoms with E-state index in [0.717, 1.165) is 20.9 Å². The number of Topliss-reactive ketones (excluding diaryl/α,β-unsaturated/α-hetero) is 1. The van der Waals surface area contributed by atoms with Crippen LogP contribution in [0.25, 0.3) is 10.2 Å². The van der Waals surface area contributed by atoms with E-state index < -0.39 is 0 Å². The van der Waals surface area contributed by atoms with Gasteiger partial charge in [0.1, 0.15) is 10.7 Å². The lowest BCUT2D eigenvalue weighted by molar-refractivity contribution is 0.102. The highest BCUT2D eigenvalue weighted by Crippen LogP contribution is 2.23. The summed E-state index contributed by atoms with van der Waals surface area (Å²) in [6.45, 7) is 3.40. The molecule has 0 fully saturated rings. The number of carbonyl (C=O) groups excluding carboxylic acids is 1. The van der Waals surface area contributed by atoms with E-state index in [2.05, 4.69) is 9.97 Å². The molecule has 0 atom stereocenters. The quantitative estimate of drug-likeness (QED) is 0.650. The van der Waals surface area contributed by atoms with Crippen LogP contribution in [0.3, 0.4) is 0 Å². The number of aryl methyl sites for hydroxylation is 1. The van der Waals surface area contributed by atoms with Crippen LogP contribution in [0.2, 0.25) is 0 Å². The Morgan fingerprint density at radius 3 is 3.00 bits per heavy atom. The number of rotatable bonds is 1. The molecule has 0 saturated carbocycles. The highest BCUT2D eigenvalue weighted by Gasteiger charge is 2.06. The van der Waals surface area contributed by atoms with Crippen molar-refractivity contribution in [2.45, 2.75) is 13.8 Å². The van der Waals surface area contributed by atoms with Gasteiger partial charge in [0.05, 0.1) is 4.88 Å². The molecule has 0 amide bonds. The fourth-order valence-electron chi connectivity index (χ4n) is 1.09. The van der Waals surface area contributed by atoms with Crippen LogP contribution in [0.5, 0.6) is 0 Å². The van der Waals surface area contributed by atoms with Crippen molar-refractivity contribution in [3.05, 3.63) is 23.0 Å². The van der Waals surface area contributed by atoms with E-state index in [1.54, 1.807) is 13.1 Å². The van der Waals surface area contributed by atoms with Crippen LogP contribution >= 0.6 is 11.3 Å². The summed E-state index contributed by atoms with van der Waals surface area (Å²) < 4.78 is 0. The SMILES string of the molecule is CC(=O)c1cc2cnc(C)nc2s1. The van der Waals surface area contributed by atoms with E-state index in [0.29, 0.717) is 0 Å². The van der Waals surface area contributed by atoms with Gasteiger partial charge in [0.15, 0.2) is 5.78 Å². The Labute approximate surface area is 79.4 Å². The molecule has 0 aliphatic rings. The Bertz CT molecular complexity index is 475. The molecule has 2 heterocycles. The summed E-state index contributed by atoms with van der Waals surface area (Å²) in [6, 6.07) is 1.84. The third-order valence-corrected chi connectivity index (χ3v) is 2.89. The second kappa shape index (κ2) is 2.88. The first-order chi connectivity index (χ1) is 6.16. The van der Waals surface area contributed by atoms with Crippen molar-refractivity contribution < 1.29 is 4.79 Å². The molecule has 4 heteroatoms. The first-order valence-corrected chi connectivity index (χ1v) is 4.72. The summed E-state index contributed by atoms with van der Waals surface area (Å²) in [5, 5.41) is 0.945. The van der Waals surface area contributed by atoms with E-state index in [4.69, 9.17) is 0 Å². The fourth-order valence-corrected chi connectivity index (χ4v) is 2.03. The molecule has 0 spiro atoms. The highest BCUT2D eigenvalue weighted by molar-refractivity contribution is 7.20. The monoisotopic (exact) mass is 192 g/mol. The molecule has 0 saturated heterocycles. The van der Waals surface area contributed by atoms with Crippen molar-refractivity contribution in [3.8, 4) is 0 Å². The topological polar surface area (TPSA) is 42.9 Å². The van der Waals surface area contributed by atoms with Gasteiger partial charge in [-0.3, -0.25) is 4.79 Å². The average molecular weight is 192 g/mol. The third kappa shape index (κ3) is 1.45. The zero-order chi connectivity index (χ0) is 9.42. The fraction of sp³-hybridized carbons (Fsp3) is 0.222. The average Bonchev–Trinajstić information content (AvgIpc) is 2.46. The highest BCUT2D eigenvalue weighted by atomic mass is 32.1. The maximum absolute atomic E-state index is 11.1.